The highest BCUT2D eigenvalue weighted by Crippen LogP contribution is 2.07. The molecule has 0 saturated heterocycles. The fourth-order valence-corrected chi connectivity index (χ4v) is 1.31. The fourth-order valence-electron chi connectivity index (χ4n) is 1.31. The van der Waals surface area contributed by atoms with Crippen LogP contribution in [0.2, 0.25) is 0 Å². The van der Waals surface area contributed by atoms with Crippen molar-refractivity contribution in [1.29, 1.82) is 5.26 Å². The molecule has 0 fully saturated rings. The van der Waals surface area contributed by atoms with E-state index in [0.29, 0.717) is 13.0 Å². The molecule has 0 saturated carbocycles. The van der Waals surface area contributed by atoms with Gasteiger partial charge in [0, 0.05) is 13.1 Å². The molecule has 0 aromatic carbocycles. The Morgan fingerprint density at radius 2 is 2.07 bits per heavy atom. The molecule has 3 heteroatoms. The number of carbonyl (C=O) groups excluding carboxylic acids is 1. The third-order valence-electron chi connectivity index (χ3n) is 2.34. The number of rotatable bonds is 6. The molecule has 1 atom stereocenters. The molecule has 0 aromatic heterocycles. The minimum absolute atomic E-state index is 0.00838. The number of hydrogen-bond acceptors (Lipinski definition) is 2. The molecule has 80 valence electrons. The van der Waals surface area contributed by atoms with Gasteiger partial charge in [0.2, 0.25) is 5.91 Å². The summed E-state index contributed by atoms with van der Waals surface area (Å²) in [5, 5.41) is 8.77. The molecule has 0 heterocycles. The second-order valence-corrected chi connectivity index (χ2v) is 3.36. The van der Waals surface area contributed by atoms with Crippen molar-refractivity contribution in [2.75, 3.05) is 13.1 Å². The molecule has 1 amide bonds. The zero-order valence-electron chi connectivity index (χ0n) is 9.42. The molecule has 1 unspecified atom stereocenters. The van der Waals surface area contributed by atoms with Crippen molar-refractivity contribution in [2.24, 2.45) is 5.92 Å². The van der Waals surface area contributed by atoms with Crippen molar-refractivity contribution in [3.05, 3.63) is 0 Å². The Labute approximate surface area is 86.7 Å². The lowest BCUT2D eigenvalue weighted by Crippen LogP contribution is -2.36. The number of amides is 1. The zero-order chi connectivity index (χ0) is 11.0. The maximum atomic E-state index is 11.7. The first-order valence-corrected chi connectivity index (χ1v) is 5.39. The molecule has 0 rings (SSSR count). The van der Waals surface area contributed by atoms with E-state index in [9.17, 15) is 4.79 Å². The highest BCUT2D eigenvalue weighted by molar-refractivity contribution is 5.81. The van der Waals surface area contributed by atoms with Crippen LogP contribution in [0, 0.1) is 17.2 Å². The third-order valence-corrected chi connectivity index (χ3v) is 2.34. The van der Waals surface area contributed by atoms with E-state index in [0.717, 1.165) is 19.4 Å². The minimum atomic E-state index is -0.452. The van der Waals surface area contributed by atoms with E-state index in [1.54, 1.807) is 4.90 Å². The molecule has 0 aliphatic carbocycles. The molecule has 0 aromatic rings. The van der Waals surface area contributed by atoms with E-state index in [2.05, 4.69) is 13.0 Å². The summed E-state index contributed by atoms with van der Waals surface area (Å²) in [6.07, 6.45) is 2.70. The molecule has 0 bridgehead atoms. The Bertz CT molecular complexity index is 208. The van der Waals surface area contributed by atoms with Crippen LogP contribution in [0.3, 0.4) is 0 Å². The van der Waals surface area contributed by atoms with Crippen LogP contribution in [0.1, 0.15) is 40.0 Å². The lowest BCUT2D eigenvalue weighted by atomic mass is 10.1. The van der Waals surface area contributed by atoms with Gasteiger partial charge in [-0.05, 0) is 19.8 Å². The van der Waals surface area contributed by atoms with E-state index < -0.39 is 5.92 Å². The summed E-state index contributed by atoms with van der Waals surface area (Å²) in [4.78, 5) is 13.5. The first-order valence-electron chi connectivity index (χ1n) is 5.39. The van der Waals surface area contributed by atoms with Gasteiger partial charge in [-0.3, -0.25) is 4.79 Å². The van der Waals surface area contributed by atoms with Crippen LogP contribution in [0.5, 0.6) is 0 Å². The van der Waals surface area contributed by atoms with Crippen LogP contribution < -0.4 is 0 Å². The maximum absolute atomic E-state index is 11.7. The van der Waals surface area contributed by atoms with Crippen LogP contribution in [0.4, 0.5) is 0 Å². The largest absolute Gasteiger partial charge is 0.342 e. The summed E-state index contributed by atoms with van der Waals surface area (Å²) in [5.41, 5.74) is 0. The lowest BCUT2D eigenvalue weighted by molar-refractivity contribution is -0.133. The quantitative estimate of drug-likeness (QED) is 0.653. The van der Waals surface area contributed by atoms with Gasteiger partial charge in [0.25, 0.3) is 0 Å². The Kier molecular flexibility index (Phi) is 6.82. The number of unbranched alkanes of at least 4 members (excludes halogenated alkanes) is 1. The highest BCUT2D eigenvalue weighted by atomic mass is 16.2. The second-order valence-electron chi connectivity index (χ2n) is 3.36. The third kappa shape index (κ3) is 3.78. The van der Waals surface area contributed by atoms with Crippen LogP contribution >= 0.6 is 0 Å². The van der Waals surface area contributed by atoms with Gasteiger partial charge in [0.15, 0.2) is 0 Å². The van der Waals surface area contributed by atoms with Gasteiger partial charge in [-0.1, -0.05) is 20.3 Å². The number of carbonyl (C=O) groups is 1. The van der Waals surface area contributed by atoms with Gasteiger partial charge in [-0.15, -0.1) is 0 Å². The molecule has 0 aliphatic rings. The second kappa shape index (κ2) is 7.37. The first kappa shape index (κ1) is 13.0. The summed E-state index contributed by atoms with van der Waals surface area (Å²) in [6, 6.07) is 2.05. The van der Waals surface area contributed by atoms with E-state index in [-0.39, 0.29) is 5.91 Å². The average molecular weight is 196 g/mol. The van der Waals surface area contributed by atoms with E-state index >= 15 is 0 Å². The lowest BCUT2D eigenvalue weighted by Gasteiger charge is -2.22. The number of nitrogens with zero attached hydrogens (tertiary/aromatic N) is 2. The molecule has 14 heavy (non-hydrogen) atoms. The molecular formula is C11H20N2O. The topological polar surface area (TPSA) is 44.1 Å². The molecule has 0 spiro atoms. The molecule has 0 aliphatic heterocycles. The normalized spacial score (nSPS) is 11.9. The summed E-state index contributed by atoms with van der Waals surface area (Å²) in [7, 11) is 0. The van der Waals surface area contributed by atoms with E-state index in [1.165, 1.54) is 0 Å². The molecular weight excluding hydrogens is 176 g/mol. The van der Waals surface area contributed by atoms with Crippen molar-refractivity contribution in [1.82, 2.24) is 4.90 Å². The van der Waals surface area contributed by atoms with Gasteiger partial charge < -0.3 is 4.90 Å². The molecule has 3 nitrogen and oxygen atoms in total. The fraction of sp³-hybridized carbons (Fsp3) is 0.818. The SMILES string of the molecule is CCCCN(CC)C(=O)C(C#N)CC. The van der Waals surface area contributed by atoms with Gasteiger partial charge in [-0.2, -0.15) is 5.26 Å². The highest BCUT2D eigenvalue weighted by Gasteiger charge is 2.20. The Hall–Kier alpha value is -1.04. The monoisotopic (exact) mass is 196 g/mol. The van der Waals surface area contributed by atoms with Crippen LogP contribution in [-0.4, -0.2) is 23.9 Å². The summed E-state index contributed by atoms with van der Waals surface area (Å²) < 4.78 is 0. The predicted molar refractivity (Wildman–Crippen MR) is 56.6 cm³/mol. The minimum Gasteiger partial charge on any atom is -0.342 e. The summed E-state index contributed by atoms with van der Waals surface area (Å²) in [5.74, 6) is -0.460. The van der Waals surface area contributed by atoms with Crippen molar-refractivity contribution in [3.63, 3.8) is 0 Å². The van der Waals surface area contributed by atoms with Crippen molar-refractivity contribution in [3.8, 4) is 6.07 Å². The van der Waals surface area contributed by atoms with Crippen LogP contribution in [0.25, 0.3) is 0 Å². The Morgan fingerprint density at radius 3 is 2.43 bits per heavy atom. The zero-order valence-corrected chi connectivity index (χ0v) is 9.42. The van der Waals surface area contributed by atoms with Crippen LogP contribution in [0.15, 0.2) is 0 Å². The average Bonchev–Trinajstić information content (AvgIpc) is 2.21. The van der Waals surface area contributed by atoms with Gasteiger partial charge in [-0.25, -0.2) is 0 Å². The molecule has 0 N–H and O–H groups in total. The van der Waals surface area contributed by atoms with Crippen molar-refractivity contribution in [2.45, 2.75) is 40.0 Å². The van der Waals surface area contributed by atoms with E-state index in [4.69, 9.17) is 5.26 Å². The summed E-state index contributed by atoms with van der Waals surface area (Å²) in [6.45, 7) is 7.41. The predicted octanol–water partition coefficient (Wildman–Crippen LogP) is 2.18. The van der Waals surface area contributed by atoms with Crippen molar-refractivity contribution < 1.29 is 4.79 Å². The first-order chi connectivity index (χ1) is 6.71. The van der Waals surface area contributed by atoms with Gasteiger partial charge >= 0.3 is 0 Å². The number of hydrogen-bond donors (Lipinski definition) is 0. The summed E-state index contributed by atoms with van der Waals surface area (Å²) >= 11 is 0. The van der Waals surface area contributed by atoms with Crippen molar-refractivity contribution >= 4 is 5.91 Å². The van der Waals surface area contributed by atoms with Gasteiger partial charge in [0.1, 0.15) is 5.92 Å². The Morgan fingerprint density at radius 1 is 1.43 bits per heavy atom. The van der Waals surface area contributed by atoms with Crippen LogP contribution in [-0.2, 0) is 4.79 Å². The number of nitriles is 1. The maximum Gasteiger partial charge on any atom is 0.239 e. The van der Waals surface area contributed by atoms with Gasteiger partial charge in [0.05, 0.1) is 6.07 Å². The standard InChI is InChI=1S/C11H20N2O/c1-4-7-8-13(6-3)11(14)10(5-2)9-12/h10H,4-8H2,1-3H3. The molecule has 0 radical (unpaired) electrons. The smallest absolute Gasteiger partial charge is 0.239 e. The Balaban J connectivity index is 4.23. The van der Waals surface area contributed by atoms with E-state index in [1.807, 2.05) is 13.8 Å².